The molecule has 1 rings (SSSR count). The second-order valence-corrected chi connectivity index (χ2v) is 5.10. The summed E-state index contributed by atoms with van der Waals surface area (Å²) in [6.07, 6.45) is 2.10. The van der Waals surface area contributed by atoms with Gasteiger partial charge >= 0.3 is 0 Å². The minimum absolute atomic E-state index is 0.0614. The summed E-state index contributed by atoms with van der Waals surface area (Å²) in [6.45, 7) is 7.59. The van der Waals surface area contributed by atoms with Crippen molar-refractivity contribution in [2.75, 3.05) is 13.1 Å². The highest BCUT2D eigenvalue weighted by Gasteiger charge is 2.20. The van der Waals surface area contributed by atoms with Crippen LogP contribution >= 0.6 is 11.6 Å². The molecule has 4 heteroatoms. The largest absolute Gasteiger partial charge is 0.508 e. The van der Waals surface area contributed by atoms with Gasteiger partial charge in [0, 0.05) is 13.1 Å². The first-order valence-electron chi connectivity index (χ1n) is 6.81. The third-order valence-corrected chi connectivity index (χ3v) is 3.81. The van der Waals surface area contributed by atoms with Crippen LogP contribution in [0.4, 0.5) is 0 Å². The lowest BCUT2D eigenvalue weighted by molar-refractivity contribution is 0.0734. The normalized spacial score (nSPS) is 10.8. The third kappa shape index (κ3) is 4.13. The molecule has 0 aliphatic rings. The average Bonchev–Trinajstić information content (AvgIpc) is 2.42. The molecule has 0 atom stereocenters. The molecule has 0 fully saturated rings. The van der Waals surface area contributed by atoms with E-state index in [1.165, 1.54) is 12.1 Å². The minimum Gasteiger partial charge on any atom is -0.508 e. The fraction of sp³-hybridized carbons (Fsp3) is 0.533. The molecular weight excluding hydrogens is 262 g/mol. The van der Waals surface area contributed by atoms with Crippen molar-refractivity contribution in [3.05, 3.63) is 28.8 Å². The van der Waals surface area contributed by atoms with Crippen LogP contribution in [0, 0.1) is 5.92 Å². The van der Waals surface area contributed by atoms with Gasteiger partial charge in [0.25, 0.3) is 5.91 Å². The number of nitrogens with zero attached hydrogens (tertiary/aromatic N) is 1. The number of hydrogen-bond acceptors (Lipinski definition) is 2. The van der Waals surface area contributed by atoms with Crippen molar-refractivity contribution in [2.45, 2.75) is 33.6 Å². The van der Waals surface area contributed by atoms with Gasteiger partial charge in [0.15, 0.2) is 0 Å². The fourth-order valence-corrected chi connectivity index (χ4v) is 2.26. The standard InChI is InChI=1S/C15H22ClNO2/c1-4-11(5-2)10-17(6-3)15(19)13-9-12(18)7-8-14(13)16/h7-9,11,18H,4-6,10H2,1-3H3. The molecule has 1 aromatic rings. The van der Waals surface area contributed by atoms with Crippen molar-refractivity contribution in [2.24, 2.45) is 5.92 Å². The van der Waals surface area contributed by atoms with Crippen LogP contribution in [0.1, 0.15) is 44.0 Å². The fourth-order valence-electron chi connectivity index (χ4n) is 2.06. The zero-order valence-electron chi connectivity index (χ0n) is 11.8. The molecule has 1 N–H and O–H groups in total. The van der Waals surface area contributed by atoms with E-state index in [0.29, 0.717) is 23.0 Å². The molecule has 0 aliphatic heterocycles. The molecule has 0 heterocycles. The first kappa shape index (κ1) is 15.8. The summed E-state index contributed by atoms with van der Waals surface area (Å²) in [4.78, 5) is 14.2. The van der Waals surface area contributed by atoms with Crippen LogP contribution in [0.5, 0.6) is 5.75 Å². The Kier molecular flexibility index (Phi) is 6.16. The second-order valence-electron chi connectivity index (χ2n) is 4.69. The monoisotopic (exact) mass is 283 g/mol. The number of benzene rings is 1. The van der Waals surface area contributed by atoms with Gasteiger partial charge in [-0.25, -0.2) is 0 Å². The van der Waals surface area contributed by atoms with Gasteiger partial charge in [0.05, 0.1) is 10.6 Å². The molecule has 19 heavy (non-hydrogen) atoms. The van der Waals surface area contributed by atoms with Crippen molar-refractivity contribution in [1.29, 1.82) is 0 Å². The maximum Gasteiger partial charge on any atom is 0.255 e. The molecular formula is C15H22ClNO2. The van der Waals surface area contributed by atoms with E-state index >= 15 is 0 Å². The maximum absolute atomic E-state index is 12.4. The van der Waals surface area contributed by atoms with Crippen LogP contribution in [0.2, 0.25) is 5.02 Å². The van der Waals surface area contributed by atoms with Gasteiger partial charge < -0.3 is 10.0 Å². The molecule has 0 spiro atoms. The van der Waals surface area contributed by atoms with Crippen LogP contribution in [0.25, 0.3) is 0 Å². The van der Waals surface area contributed by atoms with E-state index in [1.54, 1.807) is 11.0 Å². The molecule has 0 unspecified atom stereocenters. The Balaban J connectivity index is 2.92. The summed E-state index contributed by atoms with van der Waals surface area (Å²) >= 11 is 6.04. The minimum atomic E-state index is -0.115. The molecule has 1 amide bonds. The Morgan fingerprint density at radius 2 is 1.95 bits per heavy atom. The number of phenols is 1. The smallest absolute Gasteiger partial charge is 0.255 e. The summed E-state index contributed by atoms with van der Waals surface area (Å²) in [5, 5.41) is 9.87. The van der Waals surface area contributed by atoms with Gasteiger partial charge in [0.1, 0.15) is 5.75 Å². The Bertz CT molecular complexity index is 430. The van der Waals surface area contributed by atoms with Crippen molar-refractivity contribution < 1.29 is 9.90 Å². The topological polar surface area (TPSA) is 40.5 Å². The van der Waals surface area contributed by atoms with Crippen molar-refractivity contribution in [1.82, 2.24) is 4.90 Å². The Morgan fingerprint density at radius 3 is 2.47 bits per heavy atom. The molecule has 0 saturated heterocycles. The first-order chi connectivity index (χ1) is 9.03. The van der Waals surface area contributed by atoms with Crippen molar-refractivity contribution >= 4 is 17.5 Å². The van der Waals surface area contributed by atoms with E-state index in [-0.39, 0.29) is 11.7 Å². The second kappa shape index (κ2) is 7.39. The van der Waals surface area contributed by atoms with Crippen LogP contribution < -0.4 is 0 Å². The first-order valence-corrected chi connectivity index (χ1v) is 7.18. The van der Waals surface area contributed by atoms with Crippen LogP contribution in [-0.4, -0.2) is 29.0 Å². The number of phenolic OH excluding ortho intramolecular Hbond substituents is 1. The molecule has 106 valence electrons. The lowest BCUT2D eigenvalue weighted by Gasteiger charge is -2.26. The SMILES string of the molecule is CCC(CC)CN(CC)C(=O)c1cc(O)ccc1Cl. The lowest BCUT2D eigenvalue weighted by atomic mass is 10.0. The number of halogens is 1. The number of aromatic hydroxyl groups is 1. The predicted molar refractivity (Wildman–Crippen MR) is 78.8 cm³/mol. The van der Waals surface area contributed by atoms with Gasteiger partial charge in [-0.1, -0.05) is 38.3 Å². The predicted octanol–water partition coefficient (Wildman–Crippen LogP) is 3.94. The van der Waals surface area contributed by atoms with E-state index in [2.05, 4.69) is 13.8 Å². The van der Waals surface area contributed by atoms with E-state index in [9.17, 15) is 9.90 Å². The Hall–Kier alpha value is -1.22. The summed E-state index contributed by atoms with van der Waals surface area (Å²) in [7, 11) is 0. The zero-order chi connectivity index (χ0) is 14.4. The van der Waals surface area contributed by atoms with Crippen molar-refractivity contribution in [3.8, 4) is 5.75 Å². The molecule has 0 bridgehead atoms. The maximum atomic E-state index is 12.4. The summed E-state index contributed by atoms with van der Waals surface area (Å²) < 4.78 is 0. The van der Waals surface area contributed by atoms with E-state index < -0.39 is 0 Å². The average molecular weight is 284 g/mol. The number of carbonyl (C=O) groups is 1. The van der Waals surface area contributed by atoms with E-state index in [1.807, 2.05) is 6.92 Å². The Morgan fingerprint density at radius 1 is 1.32 bits per heavy atom. The van der Waals surface area contributed by atoms with Crippen LogP contribution in [0.15, 0.2) is 18.2 Å². The van der Waals surface area contributed by atoms with Crippen molar-refractivity contribution in [3.63, 3.8) is 0 Å². The molecule has 0 aliphatic carbocycles. The third-order valence-electron chi connectivity index (χ3n) is 3.48. The molecule has 3 nitrogen and oxygen atoms in total. The summed E-state index contributed by atoms with van der Waals surface area (Å²) in [5.74, 6) is 0.446. The van der Waals surface area contributed by atoms with E-state index in [4.69, 9.17) is 11.6 Å². The van der Waals surface area contributed by atoms with Gasteiger partial charge in [-0.3, -0.25) is 4.79 Å². The summed E-state index contributed by atoms with van der Waals surface area (Å²) in [5.41, 5.74) is 0.370. The number of hydrogen-bond donors (Lipinski definition) is 1. The van der Waals surface area contributed by atoms with Gasteiger partial charge in [-0.2, -0.15) is 0 Å². The van der Waals surface area contributed by atoms with Gasteiger partial charge in [0.2, 0.25) is 0 Å². The quantitative estimate of drug-likeness (QED) is 0.859. The highest BCUT2D eigenvalue weighted by Crippen LogP contribution is 2.23. The highest BCUT2D eigenvalue weighted by atomic mass is 35.5. The molecule has 0 radical (unpaired) electrons. The van der Waals surface area contributed by atoms with Gasteiger partial charge in [-0.05, 0) is 31.0 Å². The zero-order valence-corrected chi connectivity index (χ0v) is 12.6. The number of rotatable bonds is 6. The Labute approximate surface area is 120 Å². The van der Waals surface area contributed by atoms with Crippen LogP contribution in [-0.2, 0) is 0 Å². The summed E-state index contributed by atoms with van der Waals surface area (Å²) in [6, 6.07) is 4.46. The molecule has 1 aromatic carbocycles. The molecule has 0 aromatic heterocycles. The van der Waals surface area contributed by atoms with E-state index in [0.717, 1.165) is 19.4 Å². The highest BCUT2D eigenvalue weighted by molar-refractivity contribution is 6.33. The number of carbonyl (C=O) groups excluding carboxylic acids is 1. The van der Waals surface area contributed by atoms with Gasteiger partial charge in [-0.15, -0.1) is 0 Å². The lowest BCUT2D eigenvalue weighted by Crippen LogP contribution is -2.35. The number of amides is 1. The van der Waals surface area contributed by atoms with Crippen LogP contribution in [0.3, 0.4) is 0 Å². The molecule has 0 saturated carbocycles.